The second kappa shape index (κ2) is 9.47. The van der Waals surface area contributed by atoms with E-state index in [0.717, 1.165) is 6.42 Å². The van der Waals surface area contributed by atoms with Crippen molar-refractivity contribution in [1.82, 2.24) is 5.32 Å². The van der Waals surface area contributed by atoms with Crippen molar-refractivity contribution in [2.24, 2.45) is 0 Å². The summed E-state index contributed by atoms with van der Waals surface area (Å²) in [7, 11) is 0. The number of carbonyl (C=O) groups is 3. The number of carboxylic acids is 1. The van der Waals surface area contributed by atoms with Gasteiger partial charge in [-0.05, 0) is 48.9 Å². The number of carbonyl (C=O) groups excluding carboxylic acids is 2. The van der Waals surface area contributed by atoms with Gasteiger partial charge in [0.05, 0.1) is 0 Å². The van der Waals surface area contributed by atoms with Crippen molar-refractivity contribution >= 4 is 23.5 Å². The number of rotatable bonds is 8. The Morgan fingerprint density at radius 2 is 1.74 bits per heavy atom. The molecule has 0 unspecified atom stereocenters. The summed E-state index contributed by atoms with van der Waals surface area (Å²) in [6, 6.07) is 10.3. The number of halogens is 1. The molecule has 6 nitrogen and oxygen atoms in total. The zero-order valence-electron chi connectivity index (χ0n) is 14.9. The van der Waals surface area contributed by atoms with Gasteiger partial charge in [0.15, 0.2) is 0 Å². The lowest BCUT2D eigenvalue weighted by molar-refractivity contribution is -0.139. The number of hydrogen-bond donors (Lipinski definition) is 3. The van der Waals surface area contributed by atoms with Crippen LogP contribution in [0.25, 0.3) is 0 Å². The fraction of sp³-hybridized carbons (Fsp3) is 0.250. The Morgan fingerprint density at radius 3 is 2.37 bits per heavy atom. The number of anilines is 1. The van der Waals surface area contributed by atoms with Crippen LogP contribution in [0.15, 0.2) is 48.5 Å². The largest absolute Gasteiger partial charge is 0.480 e. The van der Waals surface area contributed by atoms with Gasteiger partial charge in [-0.3, -0.25) is 9.59 Å². The van der Waals surface area contributed by atoms with E-state index >= 15 is 0 Å². The Balaban J connectivity index is 2.07. The first-order valence-electron chi connectivity index (χ1n) is 8.61. The Hall–Kier alpha value is -3.22. The predicted octanol–water partition coefficient (Wildman–Crippen LogP) is 3.45. The molecule has 2 aromatic carbocycles. The molecule has 142 valence electrons. The minimum Gasteiger partial charge on any atom is -0.480 e. The summed E-state index contributed by atoms with van der Waals surface area (Å²) in [5.41, 5.74) is 0.879. The summed E-state index contributed by atoms with van der Waals surface area (Å²) < 4.78 is 12.9. The number of amides is 2. The molecule has 0 aromatic heterocycles. The summed E-state index contributed by atoms with van der Waals surface area (Å²) in [6.45, 7) is 1.94. The van der Waals surface area contributed by atoms with Gasteiger partial charge in [-0.2, -0.15) is 0 Å². The van der Waals surface area contributed by atoms with Crippen LogP contribution in [0.4, 0.5) is 10.1 Å². The molecule has 1 atom stereocenters. The second-order valence-electron chi connectivity index (χ2n) is 6.05. The molecular formula is C20H21FN2O4. The van der Waals surface area contributed by atoms with Gasteiger partial charge >= 0.3 is 5.97 Å². The quantitative estimate of drug-likeness (QED) is 0.661. The van der Waals surface area contributed by atoms with E-state index in [1.807, 2.05) is 6.92 Å². The van der Waals surface area contributed by atoms with Crippen molar-refractivity contribution in [1.29, 1.82) is 0 Å². The maximum absolute atomic E-state index is 12.9. The first-order chi connectivity index (χ1) is 12.9. The van der Waals surface area contributed by atoms with Gasteiger partial charge in [0.1, 0.15) is 11.9 Å². The molecule has 0 aliphatic rings. The maximum Gasteiger partial charge on any atom is 0.326 e. The molecule has 2 rings (SSSR count). The van der Waals surface area contributed by atoms with Crippen molar-refractivity contribution in [2.45, 2.75) is 32.2 Å². The monoisotopic (exact) mass is 372 g/mol. The molecule has 0 radical (unpaired) electrons. The Labute approximate surface area is 156 Å². The predicted molar refractivity (Wildman–Crippen MR) is 99.2 cm³/mol. The van der Waals surface area contributed by atoms with Gasteiger partial charge < -0.3 is 15.7 Å². The zero-order valence-corrected chi connectivity index (χ0v) is 14.9. The van der Waals surface area contributed by atoms with Crippen LogP contribution >= 0.6 is 0 Å². The first kappa shape index (κ1) is 20.1. The summed E-state index contributed by atoms with van der Waals surface area (Å²) >= 11 is 0. The molecule has 0 bridgehead atoms. The molecule has 0 aliphatic heterocycles. The fourth-order valence-corrected chi connectivity index (χ4v) is 2.45. The molecule has 0 aliphatic carbocycles. The average molecular weight is 372 g/mol. The van der Waals surface area contributed by atoms with Crippen LogP contribution in [0.1, 0.15) is 46.9 Å². The average Bonchev–Trinajstić information content (AvgIpc) is 2.65. The molecule has 7 heteroatoms. The summed E-state index contributed by atoms with van der Waals surface area (Å²) in [4.78, 5) is 35.8. The lowest BCUT2D eigenvalue weighted by Gasteiger charge is -2.14. The van der Waals surface area contributed by atoms with Crippen LogP contribution in [-0.4, -0.2) is 28.9 Å². The third kappa shape index (κ3) is 5.91. The first-order valence-corrected chi connectivity index (χ1v) is 8.61. The standard InChI is InChI=1S/C20H21FN2O4/c1-2-3-7-17(20(26)27)23-19(25)14-5-4-6-16(12-14)22-18(24)13-8-10-15(21)11-9-13/h4-6,8-12,17H,2-3,7H2,1H3,(H,22,24)(H,23,25)(H,26,27)/t17-/m0/s1. The Morgan fingerprint density at radius 1 is 1.04 bits per heavy atom. The highest BCUT2D eigenvalue weighted by molar-refractivity contribution is 6.05. The molecule has 0 heterocycles. The smallest absolute Gasteiger partial charge is 0.326 e. The molecular weight excluding hydrogens is 351 g/mol. The molecule has 0 saturated heterocycles. The summed E-state index contributed by atoms with van der Waals surface area (Å²) in [6.07, 6.45) is 1.86. The van der Waals surface area contributed by atoms with Crippen LogP contribution in [0.2, 0.25) is 0 Å². The minimum absolute atomic E-state index is 0.231. The normalized spacial score (nSPS) is 11.5. The van der Waals surface area contributed by atoms with Gasteiger partial charge in [-0.15, -0.1) is 0 Å². The van der Waals surface area contributed by atoms with Crippen molar-refractivity contribution in [2.75, 3.05) is 5.32 Å². The number of unbranched alkanes of at least 4 members (excludes halogenated alkanes) is 1. The fourth-order valence-electron chi connectivity index (χ4n) is 2.45. The van der Waals surface area contributed by atoms with Crippen LogP contribution in [0, 0.1) is 5.82 Å². The lowest BCUT2D eigenvalue weighted by Crippen LogP contribution is -2.40. The SMILES string of the molecule is CCCC[C@H](NC(=O)c1cccc(NC(=O)c2ccc(F)cc2)c1)C(=O)O. The van der Waals surface area contributed by atoms with Crippen molar-refractivity contribution in [3.8, 4) is 0 Å². The van der Waals surface area contributed by atoms with Gasteiger partial charge in [0, 0.05) is 16.8 Å². The molecule has 2 aromatic rings. The summed E-state index contributed by atoms with van der Waals surface area (Å²) in [5, 5.41) is 14.3. The van der Waals surface area contributed by atoms with E-state index < -0.39 is 29.6 Å². The van der Waals surface area contributed by atoms with Crippen molar-refractivity contribution in [3.05, 3.63) is 65.5 Å². The molecule has 0 spiro atoms. The van der Waals surface area contributed by atoms with Crippen LogP contribution in [0.3, 0.4) is 0 Å². The third-order valence-corrected chi connectivity index (χ3v) is 3.94. The molecule has 27 heavy (non-hydrogen) atoms. The van der Waals surface area contributed by atoms with Gasteiger partial charge in [-0.25, -0.2) is 9.18 Å². The van der Waals surface area contributed by atoms with Gasteiger partial charge in [-0.1, -0.05) is 25.8 Å². The van der Waals surface area contributed by atoms with E-state index in [4.69, 9.17) is 0 Å². The van der Waals surface area contributed by atoms with E-state index in [1.165, 1.54) is 36.4 Å². The highest BCUT2D eigenvalue weighted by Crippen LogP contribution is 2.13. The van der Waals surface area contributed by atoms with E-state index in [2.05, 4.69) is 10.6 Å². The number of hydrogen-bond acceptors (Lipinski definition) is 3. The van der Waals surface area contributed by atoms with Crippen LogP contribution < -0.4 is 10.6 Å². The number of benzene rings is 2. The van der Waals surface area contributed by atoms with E-state index in [1.54, 1.807) is 12.1 Å². The van der Waals surface area contributed by atoms with Crippen molar-refractivity contribution in [3.63, 3.8) is 0 Å². The molecule has 0 fully saturated rings. The number of aliphatic carboxylic acids is 1. The van der Waals surface area contributed by atoms with Gasteiger partial charge in [0.25, 0.3) is 11.8 Å². The topological polar surface area (TPSA) is 95.5 Å². The van der Waals surface area contributed by atoms with Crippen LogP contribution in [-0.2, 0) is 4.79 Å². The van der Waals surface area contributed by atoms with Gasteiger partial charge in [0.2, 0.25) is 0 Å². The Bertz CT molecular complexity index is 821. The summed E-state index contributed by atoms with van der Waals surface area (Å²) in [5.74, 6) is -2.51. The number of nitrogens with one attached hydrogen (secondary N) is 2. The van der Waals surface area contributed by atoms with Crippen molar-refractivity contribution < 1.29 is 23.9 Å². The molecule has 0 saturated carbocycles. The third-order valence-electron chi connectivity index (χ3n) is 3.94. The zero-order chi connectivity index (χ0) is 19.8. The van der Waals surface area contributed by atoms with E-state index in [0.29, 0.717) is 18.5 Å². The van der Waals surface area contributed by atoms with Crippen LogP contribution in [0.5, 0.6) is 0 Å². The Kier molecular flexibility index (Phi) is 7.05. The lowest BCUT2D eigenvalue weighted by atomic mass is 10.1. The van der Waals surface area contributed by atoms with E-state index in [9.17, 15) is 23.9 Å². The molecule has 3 N–H and O–H groups in total. The maximum atomic E-state index is 12.9. The second-order valence-corrected chi connectivity index (χ2v) is 6.05. The molecule has 2 amide bonds. The van der Waals surface area contributed by atoms with E-state index in [-0.39, 0.29) is 11.1 Å². The highest BCUT2D eigenvalue weighted by atomic mass is 19.1. The number of carboxylic acid groups (broad SMARTS) is 1. The minimum atomic E-state index is -1.09. The highest BCUT2D eigenvalue weighted by Gasteiger charge is 2.20.